The SMILES string of the molecule is CC(O)Cc1ccn(C(=O)OC(C)(C)C)c1. The van der Waals surface area contributed by atoms with E-state index in [0.29, 0.717) is 6.42 Å². The molecule has 0 spiro atoms. The smallest absolute Gasteiger partial charge is 0.418 e. The molecule has 90 valence electrons. The second-order valence-electron chi connectivity index (χ2n) is 4.96. The summed E-state index contributed by atoms with van der Waals surface area (Å²) in [6.45, 7) is 7.19. The second-order valence-corrected chi connectivity index (χ2v) is 4.96. The number of hydrogen-bond donors (Lipinski definition) is 1. The fraction of sp³-hybridized carbons (Fsp3) is 0.583. The van der Waals surface area contributed by atoms with E-state index in [2.05, 4.69) is 0 Å². The molecule has 0 saturated carbocycles. The van der Waals surface area contributed by atoms with Crippen LogP contribution >= 0.6 is 0 Å². The molecule has 0 bridgehead atoms. The van der Waals surface area contributed by atoms with E-state index in [0.717, 1.165) is 5.56 Å². The third-order valence-electron chi connectivity index (χ3n) is 1.89. The number of hydrogen-bond acceptors (Lipinski definition) is 3. The van der Waals surface area contributed by atoms with Gasteiger partial charge in [-0.1, -0.05) is 0 Å². The summed E-state index contributed by atoms with van der Waals surface area (Å²) in [4.78, 5) is 11.6. The largest absolute Gasteiger partial charge is 0.443 e. The zero-order valence-electron chi connectivity index (χ0n) is 10.2. The minimum Gasteiger partial charge on any atom is -0.443 e. The second kappa shape index (κ2) is 4.70. The lowest BCUT2D eigenvalue weighted by atomic mass is 10.2. The highest BCUT2D eigenvalue weighted by atomic mass is 16.6. The molecule has 1 aromatic heterocycles. The number of aliphatic hydroxyl groups is 1. The van der Waals surface area contributed by atoms with Gasteiger partial charge in [-0.15, -0.1) is 0 Å². The molecule has 16 heavy (non-hydrogen) atoms. The molecular formula is C12H19NO3. The lowest BCUT2D eigenvalue weighted by Crippen LogP contribution is -2.26. The fourth-order valence-electron chi connectivity index (χ4n) is 1.33. The van der Waals surface area contributed by atoms with E-state index in [1.54, 1.807) is 25.4 Å². The molecule has 0 saturated heterocycles. The number of carbonyl (C=O) groups excluding carboxylic acids is 1. The predicted octanol–water partition coefficient (Wildman–Crippen LogP) is 2.19. The van der Waals surface area contributed by atoms with Crippen LogP contribution in [-0.2, 0) is 11.2 Å². The highest BCUT2D eigenvalue weighted by Gasteiger charge is 2.17. The van der Waals surface area contributed by atoms with Gasteiger partial charge in [0, 0.05) is 12.4 Å². The van der Waals surface area contributed by atoms with Crippen LogP contribution in [0.25, 0.3) is 0 Å². The van der Waals surface area contributed by atoms with Crippen molar-refractivity contribution in [3.63, 3.8) is 0 Å². The van der Waals surface area contributed by atoms with Gasteiger partial charge in [-0.25, -0.2) is 4.79 Å². The van der Waals surface area contributed by atoms with Crippen molar-refractivity contribution in [2.45, 2.75) is 45.8 Å². The van der Waals surface area contributed by atoms with Crippen molar-refractivity contribution < 1.29 is 14.6 Å². The van der Waals surface area contributed by atoms with E-state index < -0.39 is 17.8 Å². The molecule has 1 heterocycles. The monoisotopic (exact) mass is 225 g/mol. The maximum atomic E-state index is 11.6. The minimum absolute atomic E-state index is 0.399. The van der Waals surface area contributed by atoms with E-state index >= 15 is 0 Å². The van der Waals surface area contributed by atoms with Gasteiger partial charge in [0.05, 0.1) is 6.10 Å². The average molecular weight is 225 g/mol. The zero-order valence-corrected chi connectivity index (χ0v) is 10.2. The number of aliphatic hydroxyl groups excluding tert-OH is 1. The first-order chi connectivity index (χ1) is 7.28. The van der Waals surface area contributed by atoms with Gasteiger partial charge >= 0.3 is 6.09 Å². The summed E-state index contributed by atoms with van der Waals surface area (Å²) < 4.78 is 6.60. The van der Waals surface area contributed by atoms with Crippen LogP contribution in [0.15, 0.2) is 18.5 Å². The molecular weight excluding hydrogens is 206 g/mol. The van der Waals surface area contributed by atoms with E-state index in [-0.39, 0.29) is 0 Å². The molecule has 1 N–H and O–H groups in total. The first-order valence-electron chi connectivity index (χ1n) is 5.36. The van der Waals surface area contributed by atoms with Crippen LogP contribution in [-0.4, -0.2) is 27.5 Å². The number of carbonyl (C=O) groups is 1. The summed E-state index contributed by atoms with van der Waals surface area (Å²) in [5.41, 5.74) is 0.423. The van der Waals surface area contributed by atoms with Gasteiger partial charge in [-0.3, -0.25) is 4.57 Å². The Kier molecular flexibility index (Phi) is 3.75. The fourth-order valence-corrected chi connectivity index (χ4v) is 1.33. The van der Waals surface area contributed by atoms with E-state index in [1.807, 2.05) is 20.8 Å². The molecule has 1 unspecified atom stereocenters. The first-order valence-corrected chi connectivity index (χ1v) is 5.36. The van der Waals surface area contributed by atoms with Crippen molar-refractivity contribution in [1.82, 2.24) is 4.57 Å². The van der Waals surface area contributed by atoms with Crippen molar-refractivity contribution in [1.29, 1.82) is 0 Å². The Bertz CT molecular complexity index is 361. The molecule has 0 aliphatic carbocycles. The lowest BCUT2D eigenvalue weighted by molar-refractivity contribution is 0.0537. The lowest BCUT2D eigenvalue weighted by Gasteiger charge is -2.19. The highest BCUT2D eigenvalue weighted by Crippen LogP contribution is 2.11. The molecule has 4 heteroatoms. The molecule has 1 atom stereocenters. The molecule has 0 aliphatic heterocycles. The summed E-state index contributed by atoms with van der Waals surface area (Å²) in [7, 11) is 0. The Labute approximate surface area is 95.8 Å². The molecule has 0 amide bonds. The van der Waals surface area contributed by atoms with Gasteiger partial charge in [0.2, 0.25) is 0 Å². The Morgan fingerprint density at radius 1 is 1.56 bits per heavy atom. The molecule has 0 aromatic carbocycles. The van der Waals surface area contributed by atoms with Crippen LogP contribution in [0.2, 0.25) is 0 Å². The topological polar surface area (TPSA) is 51.5 Å². The van der Waals surface area contributed by atoms with Crippen LogP contribution in [0, 0.1) is 0 Å². The Hall–Kier alpha value is -1.29. The third kappa shape index (κ3) is 4.06. The molecule has 0 aliphatic rings. The molecule has 1 aromatic rings. The van der Waals surface area contributed by atoms with Gasteiger partial charge in [0.15, 0.2) is 0 Å². The van der Waals surface area contributed by atoms with E-state index in [4.69, 9.17) is 4.74 Å². The first kappa shape index (κ1) is 12.8. The highest BCUT2D eigenvalue weighted by molar-refractivity contribution is 5.71. The number of rotatable bonds is 2. The van der Waals surface area contributed by atoms with Gasteiger partial charge in [-0.05, 0) is 45.7 Å². The summed E-state index contributed by atoms with van der Waals surface area (Å²) >= 11 is 0. The van der Waals surface area contributed by atoms with Gasteiger partial charge in [-0.2, -0.15) is 0 Å². The molecule has 1 rings (SSSR count). The van der Waals surface area contributed by atoms with Crippen LogP contribution in [0.4, 0.5) is 4.79 Å². The number of nitrogens with zero attached hydrogens (tertiary/aromatic N) is 1. The van der Waals surface area contributed by atoms with Crippen molar-refractivity contribution in [2.75, 3.05) is 0 Å². The van der Waals surface area contributed by atoms with Crippen LogP contribution in [0.1, 0.15) is 33.3 Å². The van der Waals surface area contributed by atoms with Gasteiger partial charge in [0.1, 0.15) is 5.60 Å². The quantitative estimate of drug-likeness (QED) is 0.839. The third-order valence-corrected chi connectivity index (χ3v) is 1.89. The van der Waals surface area contributed by atoms with Crippen molar-refractivity contribution in [3.8, 4) is 0 Å². The summed E-state index contributed by atoms with van der Waals surface area (Å²) in [5, 5.41) is 9.21. The number of ether oxygens (including phenoxy) is 1. The van der Waals surface area contributed by atoms with Crippen LogP contribution in [0.5, 0.6) is 0 Å². The Morgan fingerprint density at radius 2 is 2.19 bits per heavy atom. The predicted molar refractivity (Wildman–Crippen MR) is 61.4 cm³/mol. The molecule has 0 radical (unpaired) electrons. The standard InChI is InChI=1S/C12H19NO3/c1-9(14)7-10-5-6-13(8-10)11(15)16-12(2,3)4/h5-6,8-9,14H,7H2,1-4H3. The Morgan fingerprint density at radius 3 is 2.69 bits per heavy atom. The van der Waals surface area contributed by atoms with Gasteiger partial charge < -0.3 is 9.84 Å². The summed E-state index contributed by atoms with van der Waals surface area (Å²) in [5.74, 6) is 0. The van der Waals surface area contributed by atoms with Crippen molar-refractivity contribution in [3.05, 3.63) is 24.0 Å². The average Bonchev–Trinajstić information content (AvgIpc) is 2.48. The molecule has 0 fully saturated rings. The summed E-state index contributed by atoms with van der Waals surface area (Å²) in [6, 6.07) is 1.80. The van der Waals surface area contributed by atoms with Crippen LogP contribution in [0.3, 0.4) is 0 Å². The Balaban J connectivity index is 2.67. The molecule has 4 nitrogen and oxygen atoms in total. The number of aromatic nitrogens is 1. The van der Waals surface area contributed by atoms with E-state index in [1.165, 1.54) is 4.57 Å². The minimum atomic E-state index is -0.494. The maximum absolute atomic E-state index is 11.6. The zero-order chi connectivity index (χ0) is 12.3. The van der Waals surface area contributed by atoms with Gasteiger partial charge in [0.25, 0.3) is 0 Å². The van der Waals surface area contributed by atoms with E-state index in [9.17, 15) is 9.90 Å². The van der Waals surface area contributed by atoms with Crippen molar-refractivity contribution in [2.24, 2.45) is 0 Å². The maximum Gasteiger partial charge on any atom is 0.418 e. The van der Waals surface area contributed by atoms with Crippen LogP contribution < -0.4 is 0 Å². The normalized spacial score (nSPS) is 13.6. The summed E-state index contributed by atoms with van der Waals surface area (Å²) in [6.07, 6.45) is 3.06. The van der Waals surface area contributed by atoms with Crippen molar-refractivity contribution >= 4 is 6.09 Å².